The van der Waals surface area contributed by atoms with E-state index in [4.69, 9.17) is 5.26 Å². The molecular formula is C16H19N3O. The lowest BCUT2D eigenvalue weighted by Crippen LogP contribution is -2.32. The van der Waals surface area contributed by atoms with Gasteiger partial charge in [0.15, 0.2) is 0 Å². The number of anilines is 1. The second-order valence-corrected chi connectivity index (χ2v) is 5.89. The molecule has 1 N–H and O–H groups in total. The number of hydrogen-bond donors (Lipinski definition) is 1. The molecule has 1 aromatic rings. The highest BCUT2D eigenvalue weighted by atomic mass is 16.2. The Morgan fingerprint density at radius 3 is 2.80 bits per heavy atom. The van der Waals surface area contributed by atoms with E-state index in [9.17, 15) is 4.79 Å². The average Bonchev–Trinajstić information content (AvgIpc) is 2.99. The van der Waals surface area contributed by atoms with Crippen LogP contribution in [0.3, 0.4) is 0 Å². The summed E-state index contributed by atoms with van der Waals surface area (Å²) in [4.78, 5) is 14.3. The largest absolute Gasteiger partial charge is 0.325 e. The molecule has 1 saturated carbocycles. The van der Waals surface area contributed by atoms with Gasteiger partial charge >= 0.3 is 0 Å². The van der Waals surface area contributed by atoms with Crippen LogP contribution >= 0.6 is 0 Å². The predicted molar refractivity (Wildman–Crippen MR) is 77.1 cm³/mol. The quantitative estimate of drug-likeness (QED) is 0.915. The first-order valence-corrected chi connectivity index (χ1v) is 7.27. The third kappa shape index (κ3) is 2.83. The van der Waals surface area contributed by atoms with Crippen LogP contribution in [-0.2, 0) is 4.79 Å². The van der Waals surface area contributed by atoms with Gasteiger partial charge in [-0.25, -0.2) is 0 Å². The van der Waals surface area contributed by atoms with Gasteiger partial charge in [-0.2, -0.15) is 5.26 Å². The van der Waals surface area contributed by atoms with E-state index >= 15 is 0 Å². The van der Waals surface area contributed by atoms with Gasteiger partial charge in [0.05, 0.1) is 18.2 Å². The van der Waals surface area contributed by atoms with Crippen molar-refractivity contribution < 1.29 is 4.79 Å². The number of hydrogen-bond acceptors (Lipinski definition) is 3. The molecule has 20 heavy (non-hydrogen) atoms. The van der Waals surface area contributed by atoms with Crippen molar-refractivity contribution in [2.24, 2.45) is 11.8 Å². The van der Waals surface area contributed by atoms with Crippen molar-refractivity contribution >= 4 is 11.6 Å². The van der Waals surface area contributed by atoms with E-state index in [0.29, 0.717) is 17.8 Å². The maximum atomic E-state index is 12.1. The summed E-state index contributed by atoms with van der Waals surface area (Å²) in [6.45, 7) is 2.59. The Morgan fingerprint density at radius 2 is 2.10 bits per heavy atom. The van der Waals surface area contributed by atoms with Crippen molar-refractivity contribution in [3.63, 3.8) is 0 Å². The molecule has 1 aliphatic heterocycles. The van der Waals surface area contributed by atoms with E-state index in [-0.39, 0.29) is 5.91 Å². The number of rotatable bonds is 3. The summed E-state index contributed by atoms with van der Waals surface area (Å²) >= 11 is 0. The molecular weight excluding hydrogens is 250 g/mol. The molecule has 2 unspecified atom stereocenters. The molecule has 1 saturated heterocycles. The van der Waals surface area contributed by atoms with Crippen molar-refractivity contribution in [1.29, 1.82) is 5.26 Å². The summed E-state index contributed by atoms with van der Waals surface area (Å²) < 4.78 is 0. The predicted octanol–water partition coefficient (Wildman–Crippen LogP) is 2.23. The third-order valence-corrected chi connectivity index (χ3v) is 4.44. The van der Waals surface area contributed by atoms with E-state index in [1.54, 1.807) is 18.2 Å². The molecule has 1 amide bonds. The van der Waals surface area contributed by atoms with Crippen molar-refractivity contribution in [3.8, 4) is 6.07 Å². The lowest BCUT2D eigenvalue weighted by atomic mass is 10.0. The van der Waals surface area contributed by atoms with Gasteiger partial charge in [-0.1, -0.05) is 12.5 Å². The minimum atomic E-state index is 0.0139. The van der Waals surface area contributed by atoms with Crippen LogP contribution in [0.4, 0.5) is 5.69 Å². The van der Waals surface area contributed by atoms with Gasteiger partial charge in [-0.3, -0.25) is 9.69 Å². The summed E-state index contributed by atoms with van der Waals surface area (Å²) in [5.74, 6) is 1.63. The minimum absolute atomic E-state index is 0.0139. The molecule has 3 rings (SSSR count). The summed E-state index contributed by atoms with van der Waals surface area (Å²) in [6, 6.07) is 9.12. The second kappa shape index (κ2) is 5.64. The zero-order valence-corrected chi connectivity index (χ0v) is 11.5. The van der Waals surface area contributed by atoms with Crippen LogP contribution in [0.5, 0.6) is 0 Å². The fourth-order valence-electron chi connectivity index (χ4n) is 3.53. The third-order valence-electron chi connectivity index (χ3n) is 4.44. The topological polar surface area (TPSA) is 56.1 Å². The zero-order chi connectivity index (χ0) is 13.9. The maximum Gasteiger partial charge on any atom is 0.238 e. The monoisotopic (exact) mass is 269 g/mol. The van der Waals surface area contributed by atoms with Gasteiger partial charge in [0.2, 0.25) is 5.91 Å². The number of carbonyl (C=O) groups is 1. The van der Waals surface area contributed by atoms with Gasteiger partial charge in [0.1, 0.15) is 0 Å². The second-order valence-electron chi connectivity index (χ2n) is 5.89. The van der Waals surface area contributed by atoms with E-state index in [1.165, 1.54) is 19.3 Å². The van der Waals surface area contributed by atoms with Crippen LogP contribution in [-0.4, -0.2) is 30.4 Å². The molecule has 1 aromatic carbocycles. The number of likely N-dealkylation sites (tertiary alicyclic amines) is 1. The Balaban J connectivity index is 1.54. The normalized spacial score (nSPS) is 25.1. The number of benzene rings is 1. The Labute approximate surface area is 119 Å². The molecule has 0 aromatic heterocycles. The Morgan fingerprint density at radius 1 is 1.35 bits per heavy atom. The summed E-state index contributed by atoms with van der Waals surface area (Å²) in [7, 11) is 0. The van der Waals surface area contributed by atoms with Gasteiger partial charge in [0, 0.05) is 18.8 Å². The van der Waals surface area contributed by atoms with Crippen LogP contribution in [0.1, 0.15) is 24.8 Å². The fourth-order valence-corrected chi connectivity index (χ4v) is 3.53. The van der Waals surface area contributed by atoms with Gasteiger partial charge in [0.25, 0.3) is 0 Å². The van der Waals surface area contributed by atoms with Crippen LogP contribution in [0.25, 0.3) is 0 Å². The number of nitrogens with one attached hydrogen (secondary N) is 1. The molecule has 0 radical (unpaired) electrons. The molecule has 0 spiro atoms. The maximum absolute atomic E-state index is 12.1. The number of carbonyl (C=O) groups excluding carboxylic acids is 1. The first-order valence-electron chi connectivity index (χ1n) is 7.27. The summed E-state index contributed by atoms with van der Waals surface area (Å²) in [5.41, 5.74) is 1.27. The highest BCUT2D eigenvalue weighted by Gasteiger charge is 2.36. The molecule has 1 heterocycles. The van der Waals surface area contributed by atoms with E-state index in [0.717, 1.165) is 24.9 Å². The van der Waals surface area contributed by atoms with Gasteiger partial charge < -0.3 is 5.32 Å². The molecule has 0 bridgehead atoms. The fraction of sp³-hybridized carbons (Fsp3) is 0.500. The molecule has 2 fully saturated rings. The molecule has 2 aliphatic rings. The molecule has 1 aliphatic carbocycles. The SMILES string of the molecule is N#Cc1cccc(NC(=O)CN2CC3CCCC3C2)c1. The first-order chi connectivity index (χ1) is 9.74. The summed E-state index contributed by atoms with van der Waals surface area (Å²) in [5, 5.41) is 11.7. The van der Waals surface area contributed by atoms with Crippen LogP contribution in [0, 0.1) is 23.2 Å². The number of nitriles is 1. The van der Waals surface area contributed by atoms with Gasteiger partial charge in [-0.05, 0) is 42.9 Å². The lowest BCUT2D eigenvalue weighted by Gasteiger charge is -2.16. The van der Waals surface area contributed by atoms with Gasteiger partial charge in [-0.15, -0.1) is 0 Å². The summed E-state index contributed by atoms with van der Waals surface area (Å²) in [6.07, 6.45) is 4.01. The highest BCUT2D eigenvalue weighted by molar-refractivity contribution is 5.92. The number of fused-ring (bicyclic) bond motifs is 1. The number of nitrogens with zero attached hydrogens (tertiary/aromatic N) is 2. The standard InChI is InChI=1S/C16H19N3O/c17-8-12-3-1-6-15(7-12)18-16(20)11-19-9-13-4-2-5-14(13)10-19/h1,3,6-7,13-14H,2,4-5,9-11H2,(H,18,20). The van der Waals surface area contributed by atoms with Crippen LogP contribution in [0.15, 0.2) is 24.3 Å². The molecule has 4 heteroatoms. The molecule has 4 nitrogen and oxygen atoms in total. The highest BCUT2D eigenvalue weighted by Crippen LogP contribution is 2.37. The van der Waals surface area contributed by atoms with Crippen LogP contribution in [0.2, 0.25) is 0 Å². The Hall–Kier alpha value is -1.86. The first kappa shape index (κ1) is 13.1. The Kier molecular flexibility index (Phi) is 3.70. The Bertz CT molecular complexity index is 537. The van der Waals surface area contributed by atoms with E-state index in [2.05, 4.69) is 16.3 Å². The average molecular weight is 269 g/mol. The van der Waals surface area contributed by atoms with Crippen molar-refractivity contribution in [2.45, 2.75) is 19.3 Å². The smallest absolute Gasteiger partial charge is 0.238 e. The van der Waals surface area contributed by atoms with E-state index < -0.39 is 0 Å². The number of amides is 1. The van der Waals surface area contributed by atoms with Crippen molar-refractivity contribution in [2.75, 3.05) is 25.0 Å². The van der Waals surface area contributed by atoms with Crippen molar-refractivity contribution in [1.82, 2.24) is 4.90 Å². The van der Waals surface area contributed by atoms with Crippen LogP contribution < -0.4 is 5.32 Å². The van der Waals surface area contributed by atoms with Crippen molar-refractivity contribution in [3.05, 3.63) is 29.8 Å². The lowest BCUT2D eigenvalue weighted by molar-refractivity contribution is -0.117. The zero-order valence-electron chi connectivity index (χ0n) is 11.5. The van der Waals surface area contributed by atoms with E-state index in [1.807, 2.05) is 6.07 Å². The molecule has 2 atom stereocenters. The molecule has 104 valence electrons. The minimum Gasteiger partial charge on any atom is -0.325 e.